The van der Waals surface area contributed by atoms with Crippen molar-refractivity contribution >= 4 is 0 Å². The van der Waals surface area contributed by atoms with Crippen LogP contribution in [0.1, 0.15) is 63.5 Å². The van der Waals surface area contributed by atoms with Crippen LogP contribution in [0.2, 0.25) is 0 Å². The van der Waals surface area contributed by atoms with Crippen LogP contribution in [-0.4, -0.2) is 37.0 Å². The molecule has 1 atom stereocenters. The van der Waals surface area contributed by atoms with E-state index in [2.05, 4.69) is 41.5 Å². The molecule has 0 radical (unpaired) electrons. The number of nitrogens with zero attached hydrogens (tertiary/aromatic N) is 5. The summed E-state index contributed by atoms with van der Waals surface area (Å²) in [5, 5.41) is 9.47. The first kappa shape index (κ1) is 18.4. The second-order valence-electron chi connectivity index (χ2n) is 9.06. The zero-order valence-electron chi connectivity index (χ0n) is 16.8. The topological polar surface area (TPSA) is 56.0 Å². The van der Waals surface area contributed by atoms with Gasteiger partial charge in [-0.15, -0.1) is 0 Å². The van der Waals surface area contributed by atoms with Crippen LogP contribution in [-0.2, 0) is 31.5 Å². The van der Waals surface area contributed by atoms with E-state index in [0.29, 0.717) is 12.6 Å². The SMILES string of the molecule is CC(C)(C)c1ccc(=O)n(CC2CCCN2Cc2cc3n(n2)CCCC3)n1. The van der Waals surface area contributed by atoms with E-state index < -0.39 is 0 Å². The third-order valence-corrected chi connectivity index (χ3v) is 5.85. The molecule has 0 N–H and O–H groups in total. The summed E-state index contributed by atoms with van der Waals surface area (Å²) in [6.07, 6.45) is 5.94. The fourth-order valence-electron chi connectivity index (χ4n) is 4.25. The van der Waals surface area contributed by atoms with Crippen molar-refractivity contribution in [1.82, 2.24) is 24.5 Å². The minimum atomic E-state index is -0.0552. The normalized spacial score (nSPS) is 20.8. The van der Waals surface area contributed by atoms with Gasteiger partial charge in [0, 0.05) is 36.3 Å². The summed E-state index contributed by atoms with van der Waals surface area (Å²) in [7, 11) is 0. The van der Waals surface area contributed by atoms with Crippen LogP contribution >= 0.6 is 0 Å². The van der Waals surface area contributed by atoms with Crippen LogP contribution in [0.15, 0.2) is 23.0 Å². The van der Waals surface area contributed by atoms with Crippen LogP contribution in [0.25, 0.3) is 0 Å². The molecular formula is C21H31N5O. The van der Waals surface area contributed by atoms with Gasteiger partial charge in [0.15, 0.2) is 0 Å². The molecule has 6 nitrogen and oxygen atoms in total. The standard InChI is InChI=1S/C21H31N5O/c1-21(2,3)19-9-10-20(27)26(23-19)15-18-8-6-11-24(18)14-16-13-17-7-4-5-12-25(17)22-16/h9-10,13,18H,4-8,11-12,14-15H2,1-3H3. The van der Waals surface area contributed by atoms with Gasteiger partial charge in [-0.1, -0.05) is 20.8 Å². The van der Waals surface area contributed by atoms with Crippen molar-refractivity contribution in [2.24, 2.45) is 0 Å². The second kappa shape index (κ2) is 7.23. The first-order valence-electron chi connectivity index (χ1n) is 10.3. The largest absolute Gasteiger partial charge is 0.293 e. The highest BCUT2D eigenvalue weighted by Gasteiger charge is 2.27. The third kappa shape index (κ3) is 4.00. The molecule has 6 heteroatoms. The maximum Gasteiger partial charge on any atom is 0.266 e. The Labute approximate surface area is 161 Å². The highest BCUT2D eigenvalue weighted by molar-refractivity contribution is 5.13. The van der Waals surface area contributed by atoms with Gasteiger partial charge in [-0.3, -0.25) is 14.4 Å². The van der Waals surface area contributed by atoms with Crippen LogP contribution in [0.4, 0.5) is 0 Å². The van der Waals surface area contributed by atoms with Gasteiger partial charge >= 0.3 is 0 Å². The minimum Gasteiger partial charge on any atom is -0.293 e. The van der Waals surface area contributed by atoms with E-state index in [0.717, 1.165) is 38.2 Å². The molecule has 2 aromatic heterocycles. The number of fused-ring (bicyclic) bond motifs is 1. The van der Waals surface area contributed by atoms with Gasteiger partial charge in [0.25, 0.3) is 5.56 Å². The molecule has 2 aromatic rings. The van der Waals surface area contributed by atoms with Crippen molar-refractivity contribution in [3.8, 4) is 0 Å². The number of likely N-dealkylation sites (tertiary alicyclic amines) is 1. The van der Waals surface area contributed by atoms with Gasteiger partial charge in [0.05, 0.1) is 17.9 Å². The summed E-state index contributed by atoms with van der Waals surface area (Å²) in [5.74, 6) is 0. The molecule has 1 saturated heterocycles. The summed E-state index contributed by atoms with van der Waals surface area (Å²) in [6.45, 7) is 10.1. The van der Waals surface area contributed by atoms with E-state index in [4.69, 9.17) is 5.10 Å². The Morgan fingerprint density at radius 2 is 1.96 bits per heavy atom. The Balaban J connectivity index is 1.49. The van der Waals surface area contributed by atoms with Crippen LogP contribution in [0.5, 0.6) is 0 Å². The molecule has 4 heterocycles. The first-order chi connectivity index (χ1) is 12.9. The molecule has 0 amide bonds. The second-order valence-corrected chi connectivity index (χ2v) is 9.06. The van der Waals surface area contributed by atoms with Crippen LogP contribution in [0.3, 0.4) is 0 Å². The molecule has 0 spiro atoms. The monoisotopic (exact) mass is 369 g/mol. The maximum atomic E-state index is 12.4. The molecule has 2 aliphatic rings. The summed E-state index contributed by atoms with van der Waals surface area (Å²) in [4.78, 5) is 14.8. The summed E-state index contributed by atoms with van der Waals surface area (Å²) < 4.78 is 3.85. The van der Waals surface area contributed by atoms with Crippen molar-refractivity contribution in [3.05, 3.63) is 45.6 Å². The van der Waals surface area contributed by atoms with E-state index in [1.54, 1.807) is 10.7 Å². The van der Waals surface area contributed by atoms with Crippen LogP contribution in [0, 0.1) is 0 Å². The lowest BCUT2D eigenvalue weighted by atomic mass is 9.92. The molecule has 0 aromatic carbocycles. The fraction of sp³-hybridized carbons (Fsp3) is 0.667. The van der Waals surface area contributed by atoms with E-state index in [1.165, 1.54) is 30.7 Å². The fourth-order valence-corrected chi connectivity index (χ4v) is 4.25. The molecule has 4 rings (SSSR count). The number of rotatable bonds is 4. The van der Waals surface area contributed by atoms with E-state index in [1.807, 2.05) is 6.07 Å². The molecule has 0 saturated carbocycles. The van der Waals surface area contributed by atoms with E-state index >= 15 is 0 Å². The van der Waals surface area contributed by atoms with Crippen molar-refractivity contribution in [3.63, 3.8) is 0 Å². The molecule has 1 fully saturated rings. The number of aryl methyl sites for hydroxylation is 2. The lowest BCUT2D eigenvalue weighted by molar-refractivity contribution is 0.212. The number of hydrogen-bond acceptors (Lipinski definition) is 4. The van der Waals surface area contributed by atoms with Gasteiger partial charge in [-0.25, -0.2) is 4.68 Å². The van der Waals surface area contributed by atoms with Crippen LogP contribution < -0.4 is 5.56 Å². The molecule has 2 aliphatic heterocycles. The summed E-state index contributed by atoms with van der Waals surface area (Å²) in [6, 6.07) is 6.15. The first-order valence-corrected chi connectivity index (χ1v) is 10.3. The highest BCUT2D eigenvalue weighted by Crippen LogP contribution is 2.23. The van der Waals surface area contributed by atoms with Gasteiger partial charge in [-0.05, 0) is 50.8 Å². The van der Waals surface area contributed by atoms with Gasteiger partial charge in [0.2, 0.25) is 0 Å². The molecule has 0 bridgehead atoms. The van der Waals surface area contributed by atoms with Gasteiger partial charge in [-0.2, -0.15) is 10.2 Å². The Bertz CT molecular complexity index is 837. The minimum absolute atomic E-state index is 0.00712. The molecule has 1 unspecified atom stereocenters. The summed E-state index contributed by atoms with van der Waals surface area (Å²) in [5.41, 5.74) is 3.45. The van der Waals surface area contributed by atoms with Gasteiger partial charge in [0.1, 0.15) is 0 Å². The third-order valence-electron chi connectivity index (χ3n) is 5.85. The smallest absolute Gasteiger partial charge is 0.266 e. The number of aromatic nitrogens is 4. The predicted octanol–water partition coefficient (Wildman–Crippen LogP) is 2.74. The zero-order chi connectivity index (χ0) is 19.0. The molecule has 0 aliphatic carbocycles. The predicted molar refractivity (Wildman–Crippen MR) is 106 cm³/mol. The van der Waals surface area contributed by atoms with Gasteiger partial charge < -0.3 is 0 Å². The van der Waals surface area contributed by atoms with Crippen molar-refractivity contribution in [2.45, 2.75) is 84.0 Å². The molecular weight excluding hydrogens is 338 g/mol. The lowest BCUT2D eigenvalue weighted by Gasteiger charge is -2.25. The van der Waals surface area contributed by atoms with E-state index in [9.17, 15) is 4.79 Å². The quantitative estimate of drug-likeness (QED) is 0.832. The average Bonchev–Trinajstić information content (AvgIpc) is 3.22. The Morgan fingerprint density at radius 3 is 2.74 bits per heavy atom. The molecule has 27 heavy (non-hydrogen) atoms. The zero-order valence-corrected chi connectivity index (χ0v) is 16.8. The maximum absolute atomic E-state index is 12.4. The van der Waals surface area contributed by atoms with Crippen molar-refractivity contribution in [2.75, 3.05) is 6.54 Å². The average molecular weight is 370 g/mol. The van der Waals surface area contributed by atoms with Crippen molar-refractivity contribution < 1.29 is 0 Å². The Morgan fingerprint density at radius 1 is 1.11 bits per heavy atom. The summed E-state index contributed by atoms with van der Waals surface area (Å²) >= 11 is 0. The van der Waals surface area contributed by atoms with E-state index in [-0.39, 0.29) is 11.0 Å². The number of hydrogen-bond donors (Lipinski definition) is 0. The Hall–Kier alpha value is -1.95. The van der Waals surface area contributed by atoms with Crippen molar-refractivity contribution in [1.29, 1.82) is 0 Å². The highest BCUT2D eigenvalue weighted by atomic mass is 16.1. The lowest BCUT2D eigenvalue weighted by Crippen LogP contribution is -2.37. The Kier molecular flexibility index (Phi) is 4.93. The molecule has 146 valence electrons.